The summed E-state index contributed by atoms with van der Waals surface area (Å²) in [6, 6.07) is 7.60. The Labute approximate surface area is 141 Å². The number of rotatable bonds is 5. The smallest absolute Gasteiger partial charge is 0.169 e. The fourth-order valence-corrected chi connectivity index (χ4v) is 2.49. The molecule has 0 aliphatic carbocycles. The minimum atomic E-state index is 0.485. The molecule has 1 aliphatic rings. The number of aromatic nitrogens is 2. The van der Waals surface area contributed by atoms with Crippen LogP contribution in [0.25, 0.3) is 0 Å². The molecule has 0 bridgehead atoms. The molecule has 2 heterocycles. The Kier molecular flexibility index (Phi) is 4.97. The first-order valence-corrected chi connectivity index (χ1v) is 7.87. The molecular weight excluding hydrogens is 306 g/mol. The van der Waals surface area contributed by atoms with Gasteiger partial charge in [0.25, 0.3) is 0 Å². The van der Waals surface area contributed by atoms with Crippen molar-refractivity contribution in [3.63, 3.8) is 0 Å². The number of anilines is 4. The number of hydrogen-bond donors (Lipinski definition) is 3. The van der Waals surface area contributed by atoms with Gasteiger partial charge in [0.1, 0.15) is 17.8 Å². The second-order valence-corrected chi connectivity index (χ2v) is 5.74. The molecule has 0 unspecified atom stereocenters. The molecule has 2 aromatic rings. The third kappa shape index (κ3) is 3.84. The van der Waals surface area contributed by atoms with Gasteiger partial charge in [0.05, 0.1) is 7.11 Å². The van der Waals surface area contributed by atoms with Crippen LogP contribution >= 0.6 is 0 Å². The van der Waals surface area contributed by atoms with E-state index in [1.54, 1.807) is 7.11 Å². The molecule has 0 atom stereocenters. The van der Waals surface area contributed by atoms with E-state index in [9.17, 15) is 0 Å². The zero-order valence-electron chi connectivity index (χ0n) is 14.0. The van der Waals surface area contributed by atoms with Crippen molar-refractivity contribution in [1.82, 2.24) is 19.9 Å². The van der Waals surface area contributed by atoms with Gasteiger partial charge in [-0.05, 0) is 19.2 Å². The number of benzene rings is 1. The van der Waals surface area contributed by atoms with Gasteiger partial charge in [-0.3, -0.25) is 0 Å². The number of nitrogens with zero attached hydrogens (tertiary/aromatic N) is 4. The molecule has 4 N–H and O–H groups in total. The van der Waals surface area contributed by atoms with Crippen molar-refractivity contribution < 1.29 is 4.74 Å². The average Bonchev–Trinajstić information content (AvgIpc) is 2.60. The molecule has 0 saturated carbocycles. The lowest BCUT2D eigenvalue weighted by Crippen LogP contribution is -2.47. The first-order valence-electron chi connectivity index (χ1n) is 7.87. The number of nitrogen functional groups attached to an aromatic ring is 1. The topological polar surface area (TPSA) is 91.6 Å². The van der Waals surface area contributed by atoms with Gasteiger partial charge < -0.3 is 26.1 Å². The maximum Gasteiger partial charge on any atom is 0.169 e. The standard InChI is InChI=1S/C16H23N7O/c1-22-6-8-23(9-7-22)21-16-14(17)15(18-11-19-16)20-12-4-3-5-13(10-12)24-2/h3-5,10-11H,6-9,17H2,1-2H3,(H2,18,19,20,21). The zero-order valence-corrected chi connectivity index (χ0v) is 14.0. The van der Waals surface area contributed by atoms with Crippen molar-refractivity contribution in [2.24, 2.45) is 0 Å². The Hall–Kier alpha value is -2.58. The highest BCUT2D eigenvalue weighted by Gasteiger charge is 2.16. The number of hydrazine groups is 1. The van der Waals surface area contributed by atoms with E-state index in [2.05, 4.69) is 37.7 Å². The van der Waals surface area contributed by atoms with Gasteiger partial charge in [-0.1, -0.05) is 6.07 Å². The van der Waals surface area contributed by atoms with E-state index in [0.29, 0.717) is 17.3 Å². The molecule has 0 spiro atoms. The molecule has 1 aromatic carbocycles. The van der Waals surface area contributed by atoms with E-state index in [1.165, 1.54) is 6.33 Å². The number of ether oxygens (including phenoxy) is 1. The van der Waals surface area contributed by atoms with Crippen LogP contribution in [-0.2, 0) is 0 Å². The first-order chi connectivity index (χ1) is 11.7. The van der Waals surface area contributed by atoms with Gasteiger partial charge in [-0.25, -0.2) is 15.0 Å². The highest BCUT2D eigenvalue weighted by molar-refractivity contribution is 5.77. The van der Waals surface area contributed by atoms with Crippen LogP contribution in [0.3, 0.4) is 0 Å². The summed E-state index contributed by atoms with van der Waals surface area (Å²) in [6.07, 6.45) is 1.50. The normalized spacial score (nSPS) is 15.9. The van der Waals surface area contributed by atoms with Crippen LogP contribution in [0, 0.1) is 0 Å². The Morgan fingerprint density at radius 3 is 2.62 bits per heavy atom. The largest absolute Gasteiger partial charge is 0.497 e. The van der Waals surface area contributed by atoms with Crippen LogP contribution in [0.4, 0.5) is 23.0 Å². The molecule has 8 heteroatoms. The highest BCUT2D eigenvalue weighted by Crippen LogP contribution is 2.27. The Balaban J connectivity index is 1.73. The third-order valence-corrected chi connectivity index (χ3v) is 3.98. The van der Waals surface area contributed by atoms with Crippen molar-refractivity contribution in [1.29, 1.82) is 0 Å². The molecule has 24 heavy (non-hydrogen) atoms. The van der Waals surface area contributed by atoms with Crippen LogP contribution in [0.1, 0.15) is 0 Å². The van der Waals surface area contributed by atoms with Crippen LogP contribution in [0.2, 0.25) is 0 Å². The van der Waals surface area contributed by atoms with Crippen LogP contribution in [0.15, 0.2) is 30.6 Å². The molecule has 128 valence electrons. The van der Waals surface area contributed by atoms with E-state index in [1.807, 2.05) is 24.3 Å². The van der Waals surface area contributed by atoms with E-state index in [-0.39, 0.29) is 0 Å². The predicted octanol–water partition coefficient (Wildman–Crippen LogP) is 1.39. The van der Waals surface area contributed by atoms with E-state index in [4.69, 9.17) is 10.5 Å². The molecule has 1 aliphatic heterocycles. The summed E-state index contributed by atoms with van der Waals surface area (Å²) >= 11 is 0. The predicted molar refractivity (Wildman–Crippen MR) is 95.4 cm³/mol. The number of nitrogens with one attached hydrogen (secondary N) is 2. The lowest BCUT2D eigenvalue weighted by molar-refractivity contribution is 0.178. The minimum absolute atomic E-state index is 0.485. The molecule has 1 saturated heterocycles. The summed E-state index contributed by atoms with van der Waals surface area (Å²) in [5.74, 6) is 1.94. The van der Waals surface area contributed by atoms with Crippen molar-refractivity contribution in [3.8, 4) is 5.75 Å². The summed E-state index contributed by atoms with van der Waals surface area (Å²) < 4.78 is 5.23. The maximum atomic E-state index is 6.23. The summed E-state index contributed by atoms with van der Waals surface area (Å²) in [7, 11) is 3.75. The molecular formula is C16H23N7O. The second-order valence-electron chi connectivity index (χ2n) is 5.74. The van der Waals surface area contributed by atoms with E-state index in [0.717, 1.165) is 37.6 Å². The Morgan fingerprint density at radius 2 is 1.88 bits per heavy atom. The highest BCUT2D eigenvalue weighted by atomic mass is 16.5. The van der Waals surface area contributed by atoms with Crippen molar-refractivity contribution in [2.75, 3.05) is 56.8 Å². The summed E-state index contributed by atoms with van der Waals surface area (Å²) in [5.41, 5.74) is 10.8. The fraction of sp³-hybridized carbons (Fsp3) is 0.375. The van der Waals surface area contributed by atoms with Gasteiger partial charge in [0.2, 0.25) is 0 Å². The van der Waals surface area contributed by atoms with Crippen LogP contribution in [0.5, 0.6) is 5.75 Å². The summed E-state index contributed by atoms with van der Waals surface area (Å²) in [6.45, 7) is 3.84. The Bertz CT molecular complexity index is 686. The van der Waals surface area contributed by atoms with Crippen molar-refractivity contribution in [2.45, 2.75) is 0 Å². The van der Waals surface area contributed by atoms with Crippen molar-refractivity contribution >= 4 is 23.0 Å². The van der Waals surface area contributed by atoms with Crippen LogP contribution in [-0.4, -0.2) is 60.2 Å². The zero-order chi connectivity index (χ0) is 16.9. The van der Waals surface area contributed by atoms with Gasteiger partial charge in [-0.15, -0.1) is 0 Å². The fourth-order valence-electron chi connectivity index (χ4n) is 2.49. The van der Waals surface area contributed by atoms with Gasteiger partial charge in [0.15, 0.2) is 11.6 Å². The number of methoxy groups -OCH3 is 1. The molecule has 1 aromatic heterocycles. The molecule has 0 amide bonds. The molecule has 1 fully saturated rings. The van der Waals surface area contributed by atoms with Gasteiger partial charge in [-0.2, -0.15) is 0 Å². The molecule has 8 nitrogen and oxygen atoms in total. The monoisotopic (exact) mass is 329 g/mol. The van der Waals surface area contributed by atoms with E-state index >= 15 is 0 Å². The summed E-state index contributed by atoms with van der Waals surface area (Å²) in [5, 5.41) is 5.33. The lowest BCUT2D eigenvalue weighted by Gasteiger charge is -2.32. The third-order valence-electron chi connectivity index (χ3n) is 3.98. The molecule has 0 radical (unpaired) electrons. The maximum absolute atomic E-state index is 6.23. The molecule has 3 rings (SSSR count). The first kappa shape index (κ1) is 16.3. The number of nitrogens with two attached hydrogens (primary N) is 1. The van der Waals surface area contributed by atoms with Gasteiger partial charge >= 0.3 is 0 Å². The summed E-state index contributed by atoms with van der Waals surface area (Å²) in [4.78, 5) is 10.8. The van der Waals surface area contributed by atoms with Crippen LogP contribution < -0.4 is 21.2 Å². The quantitative estimate of drug-likeness (QED) is 0.758. The lowest BCUT2D eigenvalue weighted by atomic mass is 10.3. The van der Waals surface area contributed by atoms with E-state index < -0.39 is 0 Å². The SMILES string of the molecule is COc1cccc(Nc2ncnc(NN3CCN(C)CC3)c2N)c1. The van der Waals surface area contributed by atoms with Gasteiger partial charge in [0, 0.05) is 37.9 Å². The van der Waals surface area contributed by atoms with Crippen molar-refractivity contribution in [3.05, 3.63) is 30.6 Å². The Morgan fingerprint density at radius 1 is 1.12 bits per heavy atom. The average molecular weight is 329 g/mol. The number of likely N-dealkylation sites (N-methyl/N-ethyl adjacent to an activating group) is 1. The minimum Gasteiger partial charge on any atom is -0.497 e. The second kappa shape index (κ2) is 7.33. The number of piperazine rings is 1. The number of hydrogen-bond acceptors (Lipinski definition) is 8.